The first-order chi connectivity index (χ1) is 8.70. The first kappa shape index (κ1) is 12.5. The quantitative estimate of drug-likeness (QED) is 0.914. The van der Waals surface area contributed by atoms with Crippen LogP contribution in [0, 0.1) is 5.92 Å². The summed E-state index contributed by atoms with van der Waals surface area (Å²) < 4.78 is 7.85. The van der Waals surface area contributed by atoms with Crippen LogP contribution in [-0.4, -0.2) is 22.0 Å². The first-order valence-corrected chi connectivity index (χ1v) is 7.20. The third-order valence-electron chi connectivity index (χ3n) is 4.20. The van der Waals surface area contributed by atoms with Gasteiger partial charge in [0, 0.05) is 12.5 Å². The molecular formula is C13H20ClN3O. The lowest BCUT2D eigenvalue weighted by Crippen LogP contribution is -2.31. The maximum atomic E-state index is 6.44. The summed E-state index contributed by atoms with van der Waals surface area (Å²) in [7, 11) is 0. The molecule has 4 nitrogen and oxygen atoms in total. The van der Waals surface area contributed by atoms with Gasteiger partial charge in [0.05, 0.1) is 35.2 Å². The predicted octanol–water partition coefficient (Wildman–Crippen LogP) is 2.51. The second-order valence-corrected chi connectivity index (χ2v) is 5.81. The fourth-order valence-corrected chi connectivity index (χ4v) is 3.62. The molecule has 0 aliphatic carbocycles. The summed E-state index contributed by atoms with van der Waals surface area (Å²) in [6.45, 7) is 3.00. The molecule has 0 aromatic carbocycles. The standard InChI is InChI=1S/C13H20ClN3O/c1-2-5-17-13(10(14)7-16-17)12(15)9-6-8-3-4-11(9)18-8/h7-9,11-12H,2-6,15H2,1H3. The molecule has 3 rings (SSSR count). The third kappa shape index (κ3) is 1.96. The summed E-state index contributed by atoms with van der Waals surface area (Å²) in [5.74, 6) is 0.397. The van der Waals surface area contributed by atoms with E-state index in [0.717, 1.165) is 31.5 Å². The van der Waals surface area contributed by atoms with E-state index in [1.54, 1.807) is 6.20 Å². The topological polar surface area (TPSA) is 53.1 Å². The van der Waals surface area contributed by atoms with E-state index in [1.807, 2.05) is 4.68 Å². The summed E-state index contributed by atoms with van der Waals surface area (Å²) in [4.78, 5) is 0. The fourth-order valence-electron chi connectivity index (χ4n) is 3.35. The Labute approximate surface area is 112 Å². The van der Waals surface area contributed by atoms with Crippen LogP contribution in [0.3, 0.4) is 0 Å². The Morgan fingerprint density at radius 1 is 1.61 bits per heavy atom. The number of hydrogen-bond donors (Lipinski definition) is 1. The van der Waals surface area contributed by atoms with E-state index in [1.165, 1.54) is 6.42 Å². The molecule has 0 spiro atoms. The van der Waals surface area contributed by atoms with Crippen molar-refractivity contribution < 1.29 is 4.74 Å². The normalized spacial score (nSPS) is 32.1. The minimum absolute atomic E-state index is 0.0538. The zero-order valence-electron chi connectivity index (χ0n) is 10.7. The summed E-state index contributed by atoms with van der Waals surface area (Å²) in [6, 6.07) is -0.0538. The van der Waals surface area contributed by atoms with Crippen molar-refractivity contribution in [3.05, 3.63) is 16.9 Å². The minimum Gasteiger partial charge on any atom is -0.375 e. The molecule has 2 N–H and O–H groups in total. The smallest absolute Gasteiger partial charge is 0.0834 e. The predicted molar refractivity (Wildman–Crippen MR) is 70.5 cm³/mol. The van der Waals surface area contributed by atoms with Gasteiger partial charge in [0.2, 0.25) is 0 Å². The Hall–Kier alpha value is -0.580. The van der Waals surface area contributed by atoms with Gasteiger partial charge in [-0.15, -0.1) is 0 Å². The average Bonchev–Trinajstić information content (AvgIpc) is 3.04. The van der Waals surface area contributed by atoms with Crippen molar-refractivity contribution in [2.75, 3.05) is 0 Å². The highest BCUT2D eigenvalue weighted by Gasteiger charge is 2.44. The van der Waals surface area contributed by atoms with Gasteiger partial charge in [-0.25, -0.2) is 0 Å². The highest BCUT2D eigenvalue weighted by molar-refractivity contribution is 6.31. The lowest BCUT2D eigenvalue weighted by atomic mass is 9.83. The van der Waals surface area contributed by atoms with Gasteiger partial charge in [-0.05, 0) is 25.7 Å². The lowest BCUT2D eigenvalue weighted by molar-refractivity contribution is 0.0879. The number of fused-ring (bicyclic) bond motifs is 2. The van der Waals surface area contributed by atoms with E-state index in [0.29, 0.717) is 23.1 Å². The number of nitrogens with zero attached hydrogens (tertiary/aromatic N) is 2. The zero-order chi connectivity index (χ0) is 12.7. The molecule has 2 aliphatic rings. The van der Waals surface area contributed by atoms with Crippen molar-refractivity contribution >= 4 is 11.6 Å². The van der Waals surface area contributed by atoms with Crippen LogP contribution >= 0.6 is 11.6 Å². The van der Waals surface area contributed by atoms with Crippen LogP contribution in [0.15, 0.2) is 6.20 Å². The van der Waals surface area contributed by atoms with Crippen LogP contribution in [0.5, 0.6) is 0 Å². The molecule has 1 aromatic heterocycles. The number of rotatable bonds is 4. The van der Waals surface area contributed by atoms with Gasteiger partial charge in [0.1, 0.15) is 0 Å². The molecule has 2 fully saturated rings. The molecule has 5 heteroatoms. The summed E-state index contributed by atoms with van der Waals surface area (Å²) >= 11 is 6.25. The Balaban J connectivity index is 1.83. The van der Waals surface area contributed by atoms with Crippen LogP contribution in [0.4, 0.5) is 0 Å². The fraction of sp³-hybridized carbons (Fsp3) is 0.769. The molecule has 3 heterocycles. The second kappa shape index (κ2) is 4.83. The average molecular weight is 270 g/mol. The van der Waals surface area contributed by atoms with Crippen molar-refractivity contribution in [2.24, 2.45) is 11.7 Å². The highest BCUT2D eigenvalue weighted by Crippen LogP contribution is 2.44. The molecule has 4 atom stereocenters. The minimum atomic E-state index is -0.0538. The second-order valence-electron chi connectivity index (χ2n) is 5.40. The lowest BCUT2D eigenvalue weighted by Gasteiger charge is -2.26. The van der Waals surface area contributed by atoms with Gasteiger partial charge < -0.3 is 10.5 Å². The number of aryl methyl sites for hydroxylation is 1. The Kier molecular flexibility index (Phi) is 3.34. The van der Waals surface area contributed by atoms with E-state index in [9.17, 15) is 0 Å². The molecule has 100 valence electrons. The number of ether oxygens (including phenoxy) is 1. The maximum absolute atomic E-state index is 6.44. The SMILES string of the molecule is CCCn1ncc(Cl)c1C(N)C1CC2CCC1O2. The highest BCUT2D eigenvalue weighted by atomic mass is 35.5. The third-order valence-corrected chi connectivity index (χ3v) is 4.49. The molecule has 18 heavy (non-hydrogen) atoms. The number of nitrogens with two attached hydrogens (primary N) is 1. The van der Waals surface area contributed by atoms with Gasteiger partial charge in [-0.2, -0.15) is 5.10 Å². The van der Waals surface area contributed by atoms with Gasteiger partial charge in [0.15, 0.2) is 0 Å². The largest absolute Gasteiger partial charge is 0.375 e. The van der Waals surface area contributed by atoms with Crippen LogP contribution in [0.1, 0.15) is 44.3 Å². The van der Waals surface area contributed by atoms with Gasteiger partial charge in [-0.3, -0.25) is 4.68 Å². The van der Waals surface area contributed by atoms with Gasteiger partial charge in [0.25, 0.3) is 0 Å². The zero-order valence-corrected chi connectivity index (χ0v) is 11.4. The number of hydrogen-bond acceptors (Lipinski definition) is 3. The molecular weight excluding hydrogens is 250 g/mol. The summed E-state index contributed by atoms with van der Waals surface area (Å²) in [6.07, 6.45) is 6.89. The van der Waals surface area contributed by atoms with E-state index in [4.69, 9.17) is 22.1 Å². The first-order valence-electron chi connectivity index (χ1n) is 6.83. The molecule has 0 saturated carbocycles. The van der Waals surface area contributed by atoms with Crippen molar-refractivity contribution in [3.63, 3.8) is 0 Å². The van der Waals surface area contributed by atoms with Crippen molar-refractivity contribution in [1.29, 1.82) is 0 Å². The molecule has 2 aliphatic heterocycles. The Morgan fingerprint density at radius 3 is 3.06 bits per heavy atom. The number of halogens is 1. The van der Waals surface area contributed by atoms with Crippen molar-refractivity contribution in [1.82, 2.24) is 9.78 Å². The molecule has 0 amide bonds. The van der Waals surface area contributed by atoms with Crippen LogP contribution in [0.25, 0.3) is 0 Å². The molecule has 4 unspecified atom stereocenters. The Morgan fingerprint density at radius 2 is 2.44 bits per heavy atom. The van der Waals surface area contributed by atoms with Crippen LogP contribution < -0.4 is 5.73 Å². The van der Waals surface area contributed by atoms with Gasteiger partial charge >= 0.3 is 0 Å². The van der Waals surface area contributed by atoms with E-state index >= 15 is 0 Å². The van der Waals surface area contributed by atoms with Crippen molar-refractivity contribution in [3.8, 4) is 0 Å². The molecule has 1 aromatic rings. The summed E-state index contributed by atoms with van der Waals surface area (Å²) in [5.41, 5.74) is 7.42. The van der Waals surface area contributed by atoms with E-state index < -0.39 is 0 Å². The van der Waals surface area contributed by atoms with Crippen molar-refractivity contribution in [2.45, 2.75) is 57.4 Å². The van der Waals surface area contributed by atoms with E-state index in [-0.39, 0.29) is 6.04 Å². The Bertz CT molecular complexity index is 434. The maximum Gasteiger partial charge on any atom is 0.0834 e. The summed E-state index contributed by atoms with van der Waals surface area (Å²) in [5, 5.41) is 5.02. The molecule has 2 saturated heterocycles. The van der Waals surface area contributed by atoms with Gasteiger partial charge in [-0.1, -0.05) is 18.5 Å². The van der Waals surface area contributed by atoms with Crippen LogP contribution in [0.2, 0.25) is 5.02 Å². The van der Waals surface area contributed by atoms with Crippen LogP contribution in [-0.2, 0) is 11.3 Å². The molecule has 0 radical (unpaired) electrons. The number of aromatic nitrogens is 2. The molecule has 2 bridgehead atoms. The monoisotopic (exact) mass is 269 g/mol. The van der Waals surface area contributed by atoms with E-state index in [2.05, 4.69) is 12.0 Å².